The van der Waals surface area contributed by atoms with Crippen molar-refractivity contribution in [2.45, 2.75) is 52.4 Å². The molecule has 3 N–H and O–H groups in total. The second-order valence-electron chi connectivity index (χ2n) is 5.79. The normalized spacial score (nSPS) is 25.0. The summed E-state index contributed by atoms with van der Waals surface area (Å²) in [6, 6.07) is 0. The van der Waals surface area contributed by atoms with Gasteiger partial charge in [-0.3, -0.25) is 4.79 Å². The molecule has 1 saturated heterocycles. The van der Waals surface area contributed by atoms with Crippen LogP contribution >= 0.6 is 0 Å². The lowest BCUT2D eigenvalue weighted by molar-refractivity contribution is -0.132. The van der Waals surface area contributed by atoms with E-state index in [0.29, 0.717) is 12.5 Å². The molecule has 0 aliphatic carbocycles. The van der Waals surface area contributed by atoms with Crippen LogP contribution in [-0.2, 0) is 4.79 Å². The maximum absolute atomic E-state index is 12.5. The average Bonchev–Trinajstić information content (AvgIpc) is 2.45. The van der Waals surface area contributed by atoms with E-state index in [0.717, 1.165) is 51.6 Å². The van der Waals surface area contributed by atoms with E-state index in [-0.39, 0.29) is 17.9 Å². The summed E-state index contributed by atoms with van der Waals surface area (Å²) in [5, 5.41) is 15.5. The molecule has 1 fully saturated rings. The van der Waals surface area contributed by atoms with E-state index in [2.05, 4.69) is 24.5 Å². The van der Waals surface area contributed by atoms with Crippen LogP contribution in [-0.4, -0.2) is 37.3 Å². The highest BCUT2D eigenvalue weighted by Crippen LogP contribution is 2.30. The number of aliphatic hydroxyl groups excluding tert-OH is 1. The summed E-state index contributed by atoms with van der Waals surface area (Å²) >= 11 is 0. The van der Waals surface area contributed by atoms with Crippen molar-refractivity contribution in [1.29, 1.82) is 0 Å². The Morgan fingerprint density at radius 3 is 2.74 bits per heavy atom. The zero-order chi connectivity index (χ0) is 14.1. The summed E-state index contributed by atoms with van der Waals surface area (Å²) in [5.41, 5.74) is -0.214. The van der Waals surface area contributed by atoms with Gasteiger partial charge in [0.2, 0.25) is 5.91 Å². The van der Waals surface area contributed by atoms with Gasteiger partial charge < -0.3 is 15.7 Å². The molecule has 1 heterocycles. The number of nitrogens with one attached hydrogen (secondary N) is 2. The summed E-state index contributed by atoms with van der Waals surface area (Å²) in [4.78, 5) is 12.5. The Morgan fingerprint density at radius 2 is 2.21 bits per heavy atom. The number of piperidine rings is 1. The van der Waals surface area contributed by atoms with Gasteiger partial charge in [0.15, 0.2) is 0 Å². The first kappa shape index (κ1) is 16.4. The van der Waals surface area contributed by atoms with Crippen LogP contribution in [0.4, 0.5) is 0 Å². The predicted molar refractivity (Wildman–Crippen MR) is 77.9 cm³/mol. The van der Waals surface area contributed by atoms with Gasteiger partial charge in [-0.05, 0) is 44.6 Å². The van der Waals surface area contributed by atoms with E-state index in [1.807, 2.05) is 0 Å². The quantitative estimate of drug-likeness (QED) is 0.629. The van der Waals surface area contributed by atoms with Crippen molar-refractivity contribution >= 4 is 5.91 Å². The number of hydrogen-bond acceptors (Lipinski definition) is 3. The fourth-order valence-corrected chi connectivity index (χ4v) is 2.99. The van der Waals surface area contributed by atoms with Crippen LogP contribution < -0.4 is 10.6 Å². The molecule has 0 aromatic heterocycles. The van der Waals surface area contributed by atoms with Crippen molar-refractivity contribution in [3.05, 3.63) is 0 Å². The lowest BCUT2D eigenvalue weighted by Gasteiger charge is -2.35. The topological polar surface area (TPSA) is 61.4 Å². The number of rotatable bonds is 8. The first-order valence-electron chi connectivity index (χ1n) is 7.78. The molecule has 0 spiro atoms. The molecule has 1 aliphatic rings. The maximum Gasteiger partial charge on any atom is 0.227 e. The molecule has 19 heavy (non-hydrogen) atoms. The van der Waals surface area contributed by atoms with Crippen LogP contribution in [0.2, 0.25) is 0 Å². The van der Waals surface area contributed by atoms with Gasteiger partial charge in [0.25, 0.3) is 0 Å². The van der Waals surface area contributed by atoms with Crippen LogP contribution in [0.3, 0.4) is 0 Å². The van der Waals surface area contributed by atoms with Crippen molar-refractivity contribution in [1.82, 2.24) is 10.6 Å². The highest BCUT2D eigenvalue weighted by molar-refractivity contribution is 5.83. The number of hydrogen-bond donors (Lipinski definition) is 3. The van der Waals surface area contributed by atoms with Gasteiger partial charge in [-0.1, -0.05) is 20.3 Å². The zero-order valence-corrected chi connectivity index (χ0v) is 12.5. The van der Waals surface area contributed by atoms with Gasteiger partial charge in [-0.2, -0.15) is 0 Å². The van der Waals surface area contributed by atoms with Crippen LogP contribution in [0.25, 0.3) is 0 Å². The van der Waals surface area contributed by atoms with Gasteiger partial charge in [0.1, 0.15) is 0 Å². The van der Waals surface area contributed by atoms with Gasteiger partial charge in [0.05, 0.1) is 5.41 Å². The molecular formula is C15H30N2O2. The molecule has 0 radical (unpaired) electrons. The van der Waals surface area contributed by atoms with Crippen LogP contribution in [0.1, 0.15) is 52.4 Å². The standard InChI is InChI=1S/C15H30N2O2/c1-3-6-13(7-10-18)11-17-14(19)15(4-2)8-5-9-16-12-15/h13,16,18H,3-12H2,1-2H3,(H,17,19). The summed E-state index contributed by atoms with van der Waals surface area (Å²) in [6.07, 6.45) is 5.91. The molecule has 0 saturated carbocycles. The highest BCUT2D eigenvalue weighted by atomic mass is 16.3. The summed E-state index contributed by atoms with van der Waals surface area (Å²) < 4.78 is 0. The Morgan fingerprint density at radius 1 is 1.42 bits per heavy atom. The summed E-state index contributed by atoms with van der Waals surface area (Å²) in [7, 11) is 0. The summed E-state index contributed by atoms with van der Waals surface area (Å²) in [5.74, 6) is 0.602. The smallest absolute Gasteiger partial charge is 0.227 e. The molecule has 4 nitrogen and oxygen atoms in total. The van der Waals surface area contributed by atoms with E-state index in [1.165, 1.54) is 0 Å². The third-order valence-corrected chi connectivity index (χ3v) is 4.42. The van der Waals surface area contributed by atoms with Crippen molar-refractivity contribution in [2.75, 3.05) is 26.2 Å². The second kappa shape index (κ2) is 8.54. The average molecular weight is 270 g/mol. The molecule has 1 rings (SSSR count). The van der Waals surface area contributed by atoms with E-state index in [4.69, 9.17) is 5.11 Å². The molecule has 2 unspecified atom stereocenters. The van der Waals surface area contributed by atoms with Crippen molar-refractivity contribution in [3.8, 4) is 0 Å². The third kappa shape index (κ3) is 4.77. The molecule has 0 aromatic rings. The monoisotopic (exact) mass is 270 g/mol. The highest BCUT2D eigenvalue weighted by Gasteiger charge is 2.37. The van der Waals surface area contributed by atoms with Crippen molar-refractivity contribution in [2.24, 2.45) is 11.3 Å². The minimum absolute atomic E-state index is 0.196. The number of carbonyl (C=O) groups is 1. The number of aliphatic hydroxyl groups is 1. The Bertz CT molecular complexity index is 257. The Labute approximate surface area is 117 Å². The molecule has 1 aliphatic heterocycles. The second-order valence-corrected chi connectivity index (χ2v) is 5.79. The molecule has 4 heteroatoms. The van der Waals surface area contributed by atoms with Crippen molar-refractivity contribution in [3.63, 3.8) is 0 Å². The van der Waals surface area contributed by atoms with Crippen LogP contribution in [0.15, 0.2) is 0 Å². The van der Waals surface area contributed by atoms with E-state index in [1.54, 1.807) is 0 Å². The van der Waals surface area contributed by atoms with Crippen molar-refractivity contribution < 1.29 is 9.90 Å². The minimum atomic E-state index is -0.214. The Kier molecular flexibility index (Phi) is 7.39. The van der Waals surface area contributed by atoms with E-state index in [9.17, 15) is 4.79 Å². The Balaban J connectivity index is 2.47. The summed E-state index contributed by atoms with van der Waals surface area (Å²) in [6.45, 7) is 6.98. The molecular weight excluding hydrogens is 240 g/mol. The first-order valence-corrected chi connectivity index (χ1v) is 7.78. The van der Waals surface area contributed by atoms with Gasteiger partial charge in [0, 0.05) is 19.7 Å². The molecule has 1 amide bonds. The predicted octanol–water partition coefficient (Wildman–Crippen LogP) is 1.68. The fourth-order valence-electron chi connectivity index (χ4n) is 2.99. The first-order chi connectivity index (χ1) is 9.18. The lowest BCUT2D eigenvalue weighted by Crippen LogP contribution is -2.51. The molecule has 0 aromatic carbocycles. The van der Waals surface area contributed by atoms with Gasteiger partial charge in [-0.25, -0.2) is 0 Å². The fraction of sp³-hybridized carbons (Fsp3) is 0.933. The van der Waals surface area contributed by atoms with E-state index < -0.39 is 0 Å². The van der Waals surface area contributed by atoms with Gasteiger partial charge >= 0.3 is 0 Å². The zero-order valence-electron chi connectivity index (χ0n) is 12.5. The lowest BCUT2D eigenvalue weighted by atomic mass is 9.77. The largest absolute Gasteiger partial charge is 0.396 e. The van der Waals surface area contributed by atoms with Gasteiger partial charge in [-0.15, -0.1) is 0 Å². The molecule has 112 valence electrons. The number of carbonyl (C=O) groups excluding carboxylic acids is 1. The van der Waals surface area contributed by atoms with E-state index >= 15 is 0 Å². The maximum atomic E-state index is 12.5. The molecule has 0 bridgehead atoms. The Hall–Kier alpha value is -0.610. The van der Waals surface area contributed by atoms with Crippen LogP contribution in [0.5, 0.6) is 0 Å². The molecule has 2 atom stereocenters. The SMILES string of the molecule is CCCC(CCO)CNC(=O)C1(CC)CCCNC1. The number of amides is 1. The third-order valence-electron chi connectivity index (χ3n) is 4.42. The minimum Gasteiger partial charge on any atom is -0.396 e. The van der Waals surface area contributed by atoms with Crippen LogP contribution in [0, 0.1) is 11.3 Å².